The van der Waals surface area contributed by atoms with Gasteiger partial charge in [0.15, 0.2) is 0 Å². The van der Waals surface area contributed by atoms with E-state index in [2.05, 4.69) is 23.3 Å². The second-order valence-electron chi connectivity index (χ2n) is 5.24. The molecule has 0 saturated heterocycles. The van der Waals surface area contributed by atoms with Crippen LogP contribution in [-0.4, -0.2) is 20.9 Å². The summed E-state index contributed by atoms with van der Waals surface area (Å²) in [6.45, 7) is 0.697. The van der Waals surface area contributed by atoms with E-state index in [-0.39, 0.29) is 18.8 Å². The van der Waals surface area contributed by atoms with E-state index in [1.165, 1.54) is 30.5 Å². The smallest absolute Gasteiger partial charge is 0.327 e. The van der Waals surface area contributed by atoms with E-state index < -0.39 is 0 Å². The van der Waals surface area contributed by atoms with E-state index in [0.717, 1.165) is 6.42 Å². The molecule has 0 aliphatic heterocycles. The molecule has 0 aliphatic carbocycles. The lowest BCUT2D eigenvalue weighted by Crippen LogP contribution is -2.27. The highest BCUT2D eigenvalue weighted by atomic mass is 32.1. The molecule has 120 valence electrons. The molecule has 23 heavy (non-hydrogen) atoms. The first kappa shape index (κ1) is 15.6. The lowest BCUT2D eigenvalue weighted by Gasteiger charge is -2.01. The van der Waals surface area contributed by atoms with Crippen LogP contribution in [-0.2, 0) is 19.5 Å². The molecule has 0 aliphatic rings. The first-order valence-corrected chi connectivity index (χ1v) is 8.11. The molecule has 0 saturated carbocycles. The molecular formula is C16H17FN4OS. The molecule has 7 heteroatoms. The van der Waals surface area contributed by atoms with Gasteiger partial charge in [0.05, 0.1) is 12.9 Å². The summed E-state index contributed by atoms with van der Waals surface area (Å²) in [6, 6.07) is 10.3. The van der Waals surface area contributed by atoms with Crippen LogP contribution >= 0.6 is 11.3 Å². The van der Waals surface area contributed by atoms with Crippen molar-refractivity contribution in [3.05, 3.63) is 63.9 Å². The van der Waals surface area contributed by atoms with Crippen molar-refractivity contribution < 1.29 is 4.39 Å². The van der Waals surface area contributed by atoms with Gasteiger partial charge in [-0.05, 0) is 29.5 Å². The maximum atomic E-state index is 12.6. The molecule has 1 aromatic carbocycles. The Bertz CT molecular complexity index is 860. The summed E-state index contributed by atoms with van der Waals surface area (Å²) < 4.78 is 16.6. The van der Waals surface area contributed by atoms with Crippen molar-refractivity contribution in [3.8, 4) is 0 Å². The van der Waals surface area contributed by atoms with Crippen LogP contribution in [0.2, 0.25) is 0 Å². The number of aromatic nitrogens is 3. The number of halogens is 1. The third kappa shape index (κ3) is 3.40. The summed E-state index contributed by atoms with van der Waals surface area (Å²) >= 11 is 1.73. The monoisotopic (exact) mass is 332 g/mol. The van der Waals surface area contributed by atoms with Gasteiger partial charge in [0.1, 0.15) is 6.33 Å². The number of nitrogens with two attached hydrogens (primary N) is 1. The van der Waals surface area contributed by atoms with E-state index in [4.69, 9.17) is 5.73 Å². The highest BCUT2D eigenvalue weighted by Gasteiger charge is 2.08. The molecule has 0 unspecified atom stereocenters. The summed E-state index contributed by atoms with van der Waals surface area (Å²) in [6.07, 6.45) is 2.68. The van der Waals surface area contributed by atoms with E-state index in [1.54, 1.807) is 11.3 Å². The van der Waals surface area contributed by atoms with Crippen LogP contribution in [0.1, 0.15) is 4.88 Å². The van der Waals surface area contributed by atoms with Crippen LogP contribution in [0.4, 0.5) is 4.39 Å². The van der Waals surface area contributed by atoms with Crippen LogP contribution < -0.4 is 11.4 Å². The quantitative estimate of drug-likeness (QED) is 0.753. The molecule has 0 fully saturated rings. The lowest BCUT2D eigenvalue weighted by molar-refractivity contribution is 0.594. The van der Waals surface area contributed by atoms with E-state index in [1.807, 2.05) is 12.1 Å². The van der Waals surface area contributed by atoms with Crippen molar-refractivity contribution in [3.63, 3.8) is 0 Å². The molecular weight excluding hydrogens is 315 g/mol. The van der Waals surface area contributed by atoms with Gasteiger partial charge >= 0.3 is 5.69 Å². The molecule has 3 aromatic rings. The Morgan fingerprint density at radius 3 is 2.96 bits per heavy atom. The third-order valence-electron chi connectivity index (χ3n) is 3.64. The normalized spacial score (nSPS) is 12.2. The molecule has 0 spiro atoms. The van der Waals surface area contributed by atoms with Crippen LogP contribution in [0.5, 0.6) is 0 Å². The van der Waals surface area contributed by atoms with E-state index >= 15 is 0 Å². The zero-order valence-electron chi connectivity index (χ0n) is 12.5. The van der Waals surface area contributed by atoms with Gasteiger partial charge in [-0.15, -0.1) is 11.3 Å². The van der Waals surface area contributed by atoms with E-state index in [0.29, 0.717) is 18.4 Å². The van der Waals surface area contributed by atoms with Gasteiger partial charge in [0.2, 0.25) is 0 Å². The molecule has 2 aromatic heterocycles. The van der Waals surface area contributed by atoms with Crippen molar-refractivity contribution in [2.24, 2.45) is 5.73 Å². The fourth-order valence-corrected chi connectivity index (χ4v) is 3.41. The predicted octanol–water partition coefficient (Wildman–Crippen LogP) is 2.31. The van der Waals surface area contributed by atoms with E-state index in [9.17, 15) is 9.18 Å². The van der Waals surface area contributed by atoms with Gasteiger partial charge in [-0.3, -0.25) is 4.57 Å². The number of fused-ring (bicyclic) bond motifs is 1. The van der Waals surface area contributed by atoms with Crippen molar-refractivity contribution in [1.82, 2.24) is 14.3 Å². The maximum absolute atomic E-state index is 12.6. The standard InChI is InChI=1S/C16H17FN4OS/c17-8-12(9-18)10-21-16(22)20(11-19-21)6-5-14-7-13-3-1-2-4-15(13)23-14/h1-4,7-8,11H,5-6,9-10,18H2/b12-8+. The Hall–Kier alpha value is -2.25. The molecule has 0 radical (unpaired) electrons. The minimum atomic E-state index is -0.251. The second-order valence-corrected chi connectivity index (χ2v) is 6.40. The molecule has 2 heterocycles. The number of hydrogen-bond acceptors (Lipinski definition) is 4. The van der Waals surface area contributed by atoms with Crippen LogP contribution in [0.15, 0.2) is 53.4 Å². The summed E-state index contributed by atoms with van der Waals surface area (Å²) in [5, 5.41) is 5.23. The van der Waals surface area contributed by atoms with Crippen LogP contribution in [0.3, 0.4) is 0 Å². The fraction of sp³-hybridized carbons (Fsp3) is 0.250. The number of thiophene rings is 1. The van der Waals surface area contributed by atoms with Gasteiger partial charge in [-0.25, -0.2) is 13.9 Å². The Balaban J connectivity index is 1.71. The first-order chi connectivity index (χ1) is 11.2. The molecule has 3 rings (SSSR count). The van der Waals surface area contributed by atoms with Gasteiger partial charge < -0.3 is 5.73 Å². The number of hydrogen-bond donors (Lipinski definition) is 1. The molecule has 5 nitrogen and oxygen atoms in total. The molecule has 0 amide bonds. The summed E-state index contributed by atoms with van der Waals surface area (Å²) in [7, 11) is 0. The number of benzene rings is 1. The number of aryl methyl sites for hydroxylation is 2. The average Bonchev–Trinajstić information content (AvgIpc) is 3.14. The topological polar surface area (TPSA) is 65.8 Å². The average molecular weight is 332 g/mol. The summed E-state index contributed by atoms with van der Waals surface area (Å²) in [5.41, 5.74) is 5.49. The van der Waals surface area contributed by atoms with Crippen LogP contribution in [0, 0.1) is 0 Å². The predicted molar refractivity (Wildman–Crippen MR) is 90.3 cm³/mol. The van der Waals surface area contributed by atoms with Gasteiger partial charge in [-0.2, -0.15) is 5.10 Å². The summed E-state index contributed by atoms with van der Waals surface area (Å²) in [4.78, 5) is 13.4. The van der Waals surface area contributed by atoms with Crippen molar-refractivity contribution in [2.45, 2.75) is 19.5 Å². The Kier molecular flexibility index (Phi) is 4.68. The zero-order chi connectivity index (χ0) is 16.2. The second kappa shape index (κ2) is 6.89. The highest BCUT2D eigenvalue weighted by Crippen LogP contribution is 2.25. The van der Waals surface area contributed by atoms with Crippen molar-refractivity contribution >= 4 is 21.4 Å². The largest absolute Gasteiger partial charge is 0.346 e. The Labute approximate surface area is 136 Å². The fourth-order valence-electron chi connectivity index (χ4n) is 2.36. The van der Waals surface area contributed by atoms with Gasteiger partial charge in [0.25, 0.3) is 0 Å². The van der Waals surface area contributed by atoms with Crippen molar-refractivity contribution in [2.75, 3.05) is 6.54 Å². The van der Waals surface area contributed by atoms with Crippen LogP contribution in [0.25, 0.3) is 10.1 Å². The Morgan fingerprint density at radius 2 is 2.22 bits per heavy atom. The first-order valence-electron chi connectivity index (χ1n) is 7.29. The molecule has 0 bridgehead atoms. The molecule has 0 atom stereocenters. The van der Waals surface area contributed by atoms with Gasteiger partial charge in [-0.1, -0.05) is 18.2 Å². The Morgan fingerprint density at radius 1 is 1.39 bits per heavy atom. The number of nitrogens with zero attached hydrogens (tertiary/aromatic N) is 3. The number of rotatable bonds is 6. The summed E-state index contributed by atoms with van der Waals surface area (Å²) in [5.74, 6) is 0. The third-order valence-corrected chi connectivity index (χ3v) is 4.82. The van der Waals surface area contributed by atoms with Crippen molar-refractivity contribution in [1.29, 1.82) is 0 Å². The SMILES string of the molecule is NC/C(=C\F)Cn1ncn(CCc2cc3ccccc3s2)c1=O. The minimum absolute atomic E-state index is 0.0670. The molecule has 2 N–H and O–H groups in total. The van der Waals surface area contributed by atoms with Gasteiger partial charge in [0, 0.05) is 22.7 Å². The highest BCUT2D eigenvalue weighted by molar-refractivity contribution is 7.19. The lowest BCUT2D eigenvalue weighted by atomic mass is 10.2. The maximum Gasteiger partial charge on any atom is 0.346 e. The minimum Gasteiger partial charge on any atom is -0.327 e. The zero-order valence-corrected chi connectivity index (χ0v) is 13.3.